The van der Waals surface area contributed by atoms with E-state index in [1.807, 2.05) is 25.1 Å². The molecular formula is C14H17BrO3. The van der Waals surface area contributed by atoms with Crippen LogP contribution < -0.4 is 0 Å². The smallest absolute Gasteiger partial charge is 0.164 e. The monoisotopic (exact) mass is 312 g/mol. The Bertz CT molecular complexity index is 425. The molecule has 0 amide bonds. The molecule has 1 unspecified atom stereocenters. The van der Waals surface area contributed by atoms with Crippen molar-refractivity contribution in [1.82, 2.24) is 0 Å². The normalized spacial score (nSPS) is 29.8. The topological polar surface area (TPSA) is 35.5 Å². The molecule has 0 radical (unpaired) electrons. The summed E-state index contributed by atoms with van der Waals surface area (Å²) in [6.45, 7) is 4.74. The Hall–Kier alpha value is -0.710. The average Bonchev–Trinajstić information content (AvgIpc) is 2.39. The van der Waals surface area contributed by atoms with Crippen molar-refractivity contribution in [3.63, 3.8) is 0 Å². The van der Waals surface area contributed by atoms with Gasteiger partial charge in [0.2, 0.25) is 0 Å². The molecule has 0 aromatic heterocycles. The summed E-state index contributed by atoms with van der Waals surface area (Å²) >= 11 is 3.53. The molecule has 1 saturated heterocycles. The standard InChI is InChI=1S/C14H17BrO3/c1-10(11-5-3-4-6-12(11)15)13-17-8-14(2,7-16)9-18-13/h3-7,10,13H,8-9H2,1-2H3. The van der Waals surface area contributed by atoms with Gasteiger partial charge >= 0.3 is 0 Å². The predicted molar refractivity (Wildman–Crippen MR) is 72.4 cm³/mol. The highest BCUT2D eigenvalue weighted by Gasteiger charge is 2.35. The molecule has 0 saturated carbocycles. The van der Waals surface area contributed by atoms with Gasteiger partial charge in [0.1, 0.15) is 6.29 Å². The lowest BCUT2D eigenvalue weighted by Gasteiger charge is -2.36. The van der Waals surface area contributed by atoms with Gasteiger partial charge in [0.15, 0.2) is 6.29 Å². The first-order chi connectivity index (χ1) is 8.56. The largest absolute Gasteiger partial charge is 0.351 e. The minimum absolute atomic E-state index is 0.122. The van der Waals surface area contributed by atoms with Crippen molar-refractivity contribution in [2.75, 3.05) is 13.2 Å². The second kappa shape index (κ2) is 5.51. The Morgan fingerprint density at radius 3 is 2.56 bits per heavy atom. The third kappa shape index (κ3) is 2.82. The van der Waals surface area contributed by atoms with Crippen LogP contribution in [-0.4, -0.2) is 25.8 Å². The summed E-state index contributed by atoms with van der Waals surface area (Å²) in [5.41, 5.74) is 0.640. The maximum absolute atomic E-state index is 10.9. The number of aldehydes is 1. The lowest BCUT2D eigenvalue weighted by Crippen LogP contribution is -2.42. The number of benzene rings is 1. The van der Waals surface area contributed by atoms with Crippen LogP contribution in [0.3, 0.4) is 0 Å². The van der Waals surface area contributed by atoms with Gasteiger partial charge in [0, 0.05) is 10.4 Å². The maximum Gasteiger partial charge on any atom is 0.164 e. The fourth-order valence-corrected chi connectivity index (χ4v) is 2.63. The summed E-state index contributed by atoms with van der Waals surface area (Å²) in [5.74, 6) is 0.122. The van der Waals surface area contributed by atoms with E-state index in [9.17, 15) is 4.79 Å². The highest BCUT2D eigenvalue weighted by atomic mass is 79.9. The van der Waals surface area contributed by atoms with Gasteiger partial charge in [-0.3, -0.25) is 0 Å². The summed E-state index contributed by atoms with van der Waals surface area (Å²) in [4.78, 5) is 10.9. The molecule has 1 heterocycles. The lowest BCUT2D eigenvalue weighted by molar-refractivity contribution is -0.226. The van der Waals surface area contributed by atoms with E-state index in [0.717, 1.165) is 16.3 Å². The molecule has 98 valence electrons. The molecule has 2 rings (SSSR count). The van der Waals surface area contributed by atoms with Crippen molar-refractivity contribution in [1.29, 1.82) is 0 Å². The van der Waals surface area contributed by atoms with E-state index >= 15 is 0 Å². The van der Waals surface area contributed by atoms with Gasteiger partial charge in [-0.25, -0.2) is 0 Å². The van der Waals surface area contributed by atoms with Crippen LogP contribution in [-0.2, 0) is 14.3 Å². The van der Waals surface area contributed by atoms with Crippen molar-refractivity contribution in [3.05, 3.63) is 34.3 Å². The van der Waals surface area contributed by atoms with Gasteiger partial charge in [-0.2, -0.15) is 0 Å². The van der Waals surface area contributed by atoms with E-state index < -0.39 is 5.41 Å². The molecule has 1 atom stereocenters. The summed E-state index contributed by atoms with van der Waals surface area (Å²) in [5, 5.41) is 0. The van der Waals surface area contributed by atoms with Crippen LogP contribution >= 0.6 is 15.9 Å². The Morgan fingerprint density at radius 1 is 1.39 bits per heavy atom. The first-order valence-corrected chi connectivity index (χ1v) is 6.79. The van der Waals surface area contributed by atoms with Gasteiger partial charge in [-0.1, -0.05) is 41.1 Å². The van der Waals surface area contributed by atoms with Gasteiger partial charge in [0.05, 0.1) is 18.6 Å². The van der Waals surface area contributed by atoms with Crippen LogP contribution in [0, 0.1) is 5.41 Å². The van der Waals surface area contributed by atoms with Gasteiger partial charge in [-0.15, -0.1) is 0 Å². The number of rotatable bonds is 3. The molecule has 1 aromatic carbocycles. The van der Waals surface area contributed by atoms with E-state index in [0.29, 0.717) is 13.2 Å². The Morgan fingerprint density at radius 2 is 2.00 bits per heavy atom. The third-order valence-electron chi connectivity index (χ3n) is 3.24. The first kappa shape index (κ1) is 13.7. The second-order valence-corrected chi connectivity index (χ2v) is 5.93. The minimum atomic E-state index is -0.510. The van der Waals surface area contributed by atoms with Crippen molar-refractivity contribution in [3.8, 4) is 0 Å². The quantitative estimate of drug-likeness (QED) is 0.804. The highest BCUT2D eigenvalue weighted by Crippen LogP contribution is 2.33. The predicted octanol–water partition coefficient (Wildman–Crippen LogP) is 3.13. The molecule has 0 spiro atoms. The zero-order valence-corrected chi connectivity index (χ0v) is 12.1. The summed E-state index contributed by atoms with van der Waals surface area (Å²) in [6, 6.07) is 8.03. The molecular weight excluding hydrogens is 296 g/mol. The number of hydrogen-bond donors (Lipinski definition) is 0. The molecule has 3 nitrogen and oxygen atoms in total. The Kier molecular flexibility index (Phi) is 4.20. The van der Waals surface area contributed by atoms with Crippen LogP contribution in [0.2, 0.25) is 0 Å². The summed E-state index contributed by atoms with van der Waals surface area (Å²) in [7, 11) is 0. The molecule has 18 heavy (non-hydrogen) atoms. The van der Waals surface area contributed by atoms with E-state index in [2.05, 4.69) is 28.9 Å². The third-order valence-corrected chi connectivity index (χ3v) is 3.97. The number of ether oxygens (including phenoxy) is 2. The molecule has 4 heteroatoms. The summed E-state index contributed by atoms with van der Waals surface area (Å²) < 4.78 is 12.4. The summed E-state index contributed by atoms with van der Waals surface area (Å²) in [6.07, 6.45) is 0.614. The van der Waals surface area contributed by atoms with Gasteiger partial charge in [-0.05, 0) is 18.6 Å². The second-order valence-electron chi connectivity index (χ2n) is 5.07. The molecule has 1 aromatic rings. The van der Waals surface area contributed by atoms with Crippen molar-refractivity contribution >= 4 is 22.2 Å². The van der Waals surface area contributed by atoms with Gasteiger partial charge < -0.3 is 14.3 Å². The van der Waals surface area contributed by atoms with Crippen molar-refractivity contribution < 1.29 is 14.3 Å². The molecule has 0 aliphatic carbocycles. The number of carbonyl (C=O) groups is 1. The zero-order valence-electron chi connectivity index (χ0n) is 10.6. The fraction of sp³-hybridized carbons (Fsp3) is 0.500. The van der Waals surface area contributed by atoms with E-state index in [1.54, 1.807) is 0 Å². The van der Waals surface area contributed by atoms with Gasteiger partial charge in [0.25, 0.3) is 0 Å². The number of carbonyl (C=O) groups excluding carboxylic acids is 1. The van der Waals surface area contributed by atoms with Crippen LogP contribution in [0.1, 0.15) is 25.3 Å². The van der Waals surface area contributed by atoms with Crippen molar-refractivity contribution in [2.24, 2.45) is 5.41 Å². The Labute approximate surface area is 116 Å². The molecule has 1 fully saturated rings. The van der Waals surface area contributed by atoms with E-state index in [-0.39, 0.29) is 12.2 Å². The molecule has 1 aliphatic rings. The average molecular weight is 313 g/mol. The van der Waals surface area contributed by atoms with Crippen molar-refractivity contribution in [2.45, 2.75) is 26.1 Å². The lowest BCUT2D eigenvalue weighted by atomic mass is 9.93. The van der Waals surface area contributed by atoms with Crippen LogP contribution in [0.25, 0.3) is 0 Å². The molecule has 1 aliphatic heterocycles. The number of halogens is 1. The van der Waals surface area contributed by atoms with Crippen LogP contribution in [0.5, 0.6) is 0 Å². The molecule has 0 bridgehead atoms. The van der Waals surface area contributed by atoms with Crippen LogP contribution in [0.4, 0.5) is 0 Å². The zero-order chi connectivity index (χ0) is 13.2. The number of hydrogen-bond acceptors (Lipinski definition) is 3. The molecule has 0 N–H and O–H groups in total. The maximum atomic E-state index is 10.9. The first-order valence-electron chi connectivity index (χ1n) is 6.00. The highest BCUT2D eigenvalue weighted by molar-refractivity contribution is 9.10. The Balaban J connectivity index is 2.06. The SMILES string of the molecule is CC(c1ccccc1Br)C1OCC(C)(C=O)CO1. The minimum Gasteiger partial charge on any atom is -0.351 e. The van der Waals surface area contributed by atoms with Crippen LogP contribution in [0.15, 0.2) is 28.7 Å². The van der Waals surface area contributed by atoms with E-state index in [1.165, 1.54) is 0 Å². The van der Waals surface area contributed by atoms with E-state index in [4.69, 9.17) is 9.47 Å². The fourth-order valence-electron chi connectivity index (χ4n) is 1.98.